The number of nitrogens with one attached hydrogen (secondary N) is 2. The van der Waals surface area contributed by atoms with Crippen LogP contribution >= 0.6 is 11.3 Å². The summed E-state index contributed by atoms with van der Waals surface area (Å²) in [6.45, 7) is 0. The van der Waals surface area contributed by atoms with Crippen molar-refractivity contribution in [1.29, 1.82) is 0 Å². The molecule has 0 aliphatic heterocycles. The number of benzene rings is 2. The van der Waals surface area contributed by atoms with Gasteiger partial charge >= 0.3 is 0 Å². The molecule has 26 heavy (non-hydrogen) atoms. The van der Waals surface area contributed by atoms with Crippen LogP contribution in [0.3, 0.4) is 0 Å². The van der Waals surface area contributed by atoms with Gasteiger partial charge in [0, 0.05) is 10.6 Å². The maximum absolute atomic E-state index is 12.1. The van der Waals surface area contributed by atoms with Gasteiger partial charge in [-0.05, 0) is 34.7 Å². The van der Waals surface area contributed by atoms with Gasteiger partial charge < -0.3 is 5.32 Å². The smallest absolute Gasteiger partial charge is 0.255 e. The van der Waals surface area contributed by atoms with E-state index in [4.69, 9.17) is 5.21 Å². The fourth-order valence-electron chi connectivity index (χ4n) is 2.74. The molecule has 0 saturated carbocycles. The van der Waals surface area contributed by atoms with Crippen molar-refractivity contribution in [3.8, 4) is 0 Å². The number of thiophene rings is 1. The van der Waals surface area contributed by atoms with Crippen LogP contribution in [-0.4, -0.2) is 17.0 Å². The molecule has 1 aromatic heterocycles. The maximum Gasteiger partial charge on any atom is 0.255 e. The third-order valence-electron chi connectivity index (χ3n) is 3.95. The molecule has 0 bridgehead atoms. The Bertz CT molecular complexity index is 862. The standard InChI is InChI=1S/C20H18N2O3S/c23-18(13-17-7-4-12-26-17)21-16-10-8-15(9-11-16)19(20(24)22-25)14-5-2-1-3-6-14/h1-12,19,25H,13H2,(H,21,23)(H,22,24). The molecule has 6 heteroatoms. The van der Waals surface area contributed by atoms with Gasteiger partial charge in [0.2, 0.25) is 5.91 Å². The highest BCUT2D eigenvalue weighted by molar-refractivity contribution is 7.10. The Morgan fingerprint density at radius 3 is 2.23 bits per heavy atom. The zero-order valence-corrected chi connectivity index (χ0v) is 14.7. The van der Waals surface area contributed by atoms with Crippen molar-refractivity contribution in [3.05, 3.63) is 88.1 Å². The van der Waals surface area contributed by atoms with Crippen molar-refractivity contribution < 1.29 is 14.8 Å². The number of rotatable bonds is 6. The van der Waals surface area contributed by atoms with Crippen molar-refractivity contribution in [2.45, 2.75) is 12.3 Å². The van der Waals surface area contributed by atoms with Crippen LogP contribution in [0.2, 0.25) is 0 Å². The molecule has 2 amide bonds. The molecule has 3 rings (SSSR count). The minimum Gasteiger partial charge on any atom is -0.326 e. The van der Waals surface area contributed by atoms with Crippen molar-refractivity contribution >= 4 is 28.8 Å². The fourth-order valence-corrected chi connectivity index (χ4v) is 3.44. The van der Waals surface area contributed by atoms with Gasteiger partial charge in [0.1, 0.15) is 0 Å². The molecule has 1 unspecified atom stereocenters. The molecule has 0 fully saturated rings. The van der Waals surface area contributed by atoms with E-state index >= 15 is 0 Å². The first-order chi connectivity index (χ1) is 12.7. The summed E-state index contributed by atoms with van der Waals surface area (Å²) in [4.78, 5) is 25.2. The van der Waals surface area contributed by atoms with E-state index in [1.165, 1.54) is 0 Å². The number of hydrogen-bond acceptors (Lipinski definition) is 4. The van der Waals surface area contributed by atoms with E-state index in [0.29, 0.717) is 12.1 Å². The SMILES string of the molecule is O=C(Cc1cccs1)Nc1ccc(C(C(=O)NO)c2ccccc2)cc1. The van der Waals surface area contributed by atoms with Gasteiger partial charge in [-0.3, -0.25) is 14.8 Å². The highest BCUT2D eigenvalue weighted by Crippen LogP contribution is 2.26. The Balaban J connectivity index is 1.74. The van der Waals surface area contributed by atoms with Gasteiger partial charge in [-0.1, -0.05) is 48.5 Å². The molecule has 132 valence electrons. The molecule has 0 saturated heterocycles. The van der Waals surface area contributed by atoms with Crippen molar-refractivity contribution in [2.75, 3.05) is 5.32 Å². The second-order valence-electron chi connectivity index (χ2n) is 5.75. The highest BCUT2D eigenvalue weighted by atomic mass is 32.1. The molecular formula is C20H18N2O3S. The normalized spacial score (nSPS) is 11.6. The summed E-state index contributed by atoms with van der Waals surface area (Å²) < 4.78 is 0. The van der Waals surface area contributed by atoms with Gasteiger partial charge in [-0.25, -0.2) is 5.48 Å². The summed E-state index contributed by atoms with van der Waals surface area (Å²) >= 11 is 1.54. The van der Waals surface area contributed by atoms with Crippen LogP contribution in [0.15, 0.2) is 72.1 Å². The zero-order valence-electron chi connectivity index (χ0n) is 13.9. The zero-order chi connectivity index (χ0) is 18.4. The Morgan fingerprint density at radius 1 is 0.923 bits per heavy atom. The van der Waals surface area contributed by atoms with E-state index in [0.717, 1.165) is 16.0 Å². The second kappa shape index (κ2) is 8.42. The molecular weight excluding hydrogens is 348 g/mol. The molecule has 3 N–H and O–H groups in total. The van der Waals surface area contributed by atoms with Crippen molar-refractivity contribution in [2.24, 2.45) is 0 Å². The monoisotopic (exact) mass is 366 g/mol. The number of anilines is 1. The largest absolute Gasteiger partial charge is 0.326 e. The van der Waals surface area contributed by atoms with E-state index < -0.39 is 11.8 Å². The van der Waals surface area contributed by atoms with Gasteiger partial charge in [-0.2, -0.15) is 0 Å². The summed E-state index contributed by atoms with van der Waals surface area (Å²) in [5.74, 6) is -1.23. The van der Waals surface area contributed by atoms with Gasteiger partial charge in [0.15, 0.2) is 0 Å². The van der Waals surface area contributed by atoms with E-state index in [-0.39, 0.29) is 5.91 Å². The topological polar surface area (TPSA) is 78.4 Å². The first-order valence-electron chi connectivity index (χ1n) is 8.08. The lowest BCUT2D eigenvalue weighted by atomic mass is 9.90. The number of carbonyl (C=O) groups excluding carboxylic acids is 2. The predicted molar refractivity (Wildman–Crippen MR) is 101 cm³/mol. The Morgan fingerprint density at radius 2 is 1.62 bits per heavy atom. The lowest BCUT2D eigenvalue weighted by Crippen LogP contribution is -2.27. The van der Waals surface area contributed by atoms with Crippen LogP contribution in [-0.2, 0) is 16.0 Å². The first-order valence-corrected chi connectivity index (χ1v) is 8.96. The van der Waals surface area contributed by atoms with Crippen LogP contribution in [0.5, 0.6) is 0 Å². The first kappa shape index (κ1) is 17.8. The van der Waals surface area contributed by atoms with Crippen LogP contribution in [0.1, 0.15) is 21.9 Å². The molecule has 3 aromatic rings. The van der Waals surface area contributed by atoms with Crippen LogP contribution in [0.25, 0.3) is 0 Å². The third kappa shape index (κ3) is 4.36. The molecule has 0 radical (unpaired) electrons. The van der Waals surface area contributed by atoms with E-state index in [9.17, 15) is 9.59 Å². The average molecular weight is 366 g/mol. The van der Waals surface area contributed by atoms with Gasteiger partial charge in [0.25, 0.3) is 5.91 Å². The molecule has 0 aliphatic carbocycles. The Kier molecular flexibility index (Phi) is 5.78. The summed E-state index contributed by atoms with van der Waals surface area (Å²) in [7, 11) is 0. The lowest BCUT2D eigenvalue weighted by molar-refractivity contribution is -0.129. The van der Waals surface area contributed by atoms with E-state index in [1.54, 1.807) is 41.1 Å². The minimum atomic E-state index is -0.628. The lowest BCUT2D eigenvalue weighted by Gasteiger charge is -2.16. The minimum absolute atomic E-state index is 0.0899. The fraction of sp³-hybridized carbons (Fsp3) is 0.100. The number of hydroxylamine groups is 1. The third-order valence-corrected chi connectivity index (χ3v) is 4.82. The van der Waals surface area contributed by atoms with Gasteiger partial charge in [0.05, 0.1) is 12.3 Å². The van der Waals surface area contributed by atoms with Crippen LogP contribution in [0, 0.1) is 0 Å². The van der Waals surface area contributed by atoms with Crippen LogP contribution < -0.4 is 10.8 Å². The summed E-state index contributed by atoms with van der Waals surface area (Å²) in [6, 6.07) is 20.1. The molecule has 0 aliphatic rings. The Hall–Kier alpha value is -2.96. The number of hydrogen-bond donors (Lipinski definition) is 3. The quantitative estimate of drug-likeness (QED) is 0.461. The highest BCUT2D eigenvalue weighted by Gasteiger charge is 2.22. The van der Waals surface area contributed by atoms with E-state index in [1.807, 2.05) is 47.8 Å². The number of carbonyl (C=O) groups is 2. The van der Waals surface area contributed by atoms with Crippen LogP contribution in [0.4, 0.5) is 5.69 Å². The summed E-state index contributed by atoms with van der Waals surface area (Å²) in [5.41, 5.74) is 3.88. The Labute approximate surface area is 155 Å². The van der Waals surface area contributed by atoms with E-state index in [2.05, 4.69) is 5.32 Å². The average Bonchev–Trinajstić information content (AvgIpc) is 3.17. The molecule has 1 heterocycles. The molecule has 0 spiro atoms. The van der Waals surface area contributed by atoms with Crippen molar-refractivity contribution in [3.63, 3.8) is 0 Å². The predicted octanol–water partition coefficient (Wildman–Crippen LogP) is 3.57. The number of amides is 2. The van der Waals surface area contributed by atoms with Gasteiger partial charge in [-0.15, -0.1) is 11.3 Å². The molecule has 1 atom stereocenters. The summed E-state index contributed by atoms with van der Waals surface area (Å²) in [6.07, 6.45) is 0.332. The molecule has 2 aromatic carbocycles. The van der Waals surface area contributed by atoms with Crippen molar-refractivity contribution in [1.82, 2.24) is 5.48 Å². The summed E-state index contributed by atoms with van der Waals surface area (Å²) in [5, 5.41) is 13.9. The molecule has 5 nitrogen and oxygen atoms in total. The maximum atomic E-state index is 12.1. The second-order valence-corrected chi connectivity index (χ2v) is 6.78.